The molecule has 1 aromatic carbocycles. The Morgan fingerprint density at radius 3 is 2.79 bits per heavy atom. The molecule has 1 aromatic heterocycles. The molecule has 0 unspecified atom stereocenters. The number of aliphatic imine (C=N–C) groups is 1. The lowest BCUT2D eigenvalue weighted by molar-refractivity contribution is 0.392. The number of rotatable bonds is 6. The van der Waals surface area contributed by atoms with E-state index in [9.17, 15) is 4.39 Å². The van der Waals surface area contributed by atoms with E-state index in [1.807, 2.05) is 25.1 Å². The fourth-order valence-electron chi connectivity index (χ4n) is 2.07. The van der Waals surface area contributed by atoms with E-state index >= 15 is 0 Å². The molecule has 0 saturated heterocycles. The van der Waals surface area contributed by atoms with E-state index in [-0.39, 0.29) is 29.8 Å². The van der Waals surface area contributed by atoms with Crippen molar-refractivity contribution in [2.75, 3.05) is 13.7 Å². The number of aromatic nitrogens is 1. The van der Waals surface area contributed by atoms with Crippen LogP contribution < -0.4 is 15.4 Å². The lowest BCUT2D eigenvalue weighted by atomic mass is 10.2. The van der Waals surface area contributed by atoms with Crippen LogP contribution in [0, 0.1) is 5.82 Å². The van der Waals surface area contributed by atoms with Gasteiger partial charge in [-0.3, -0.25) is 0 Å². The van der Waals surface area contributed by atoms with Gasteiger partial charge in [-0.05, 0) is 30.7 Å². The summed E-state index contributed by atoms with van der Waals surface area (Å²) in [5.74, 6) is 0.986. The van der Waals surface area contributed by atoms with E-state index in [1.165, 1.54) is 12.1 Å². The van der Waals surface area contributed by atoms with E-state index < -0.39 is 0 Å². The van der Waals surface area contributed by atoms with Crippen molar-refractivity contribution in [3.63, 3.8) is 0 Å². The van der Waals surface area contributed by atoms with Gasteiger partial charge in [0.05, 0.1) is 13.7 Å². The van der Waals surface area contributed by atoms with E-state index in [0.29, 0.717) is 24.9 Å². The Morgan fingerprint density at radius 1 is 1.25 bits per heavy atom. The molecule has 0 amide bonds. The second-order valence-electron chi connectivity index (χ2n) is 4.85. The lowest BCUT2D eigenvalue weighted by Crippen LogP contribution is -2.36. The van der Waals surface area contributed by atoms with Gasteiger partial charge >= 0.3 is 0 Å². The first-order valence-corrected chi connectivity index (χ1v) is 7.47. The van der Waals surface area contributed by atoms with Crippen molar-refractivity contribution in [3.8, 4) is 5.88 Å². The van der Waals surface area contributed by atoms with Crippen LogP contribution in [0.25, 0.3) is 0 Å². The van der Waals surface area contributed by atoms with E-state index in [0.717, 1.165) is 17.7 Å². The third kappa shape index (κ3) is 6.31. The number of pyridine rings is 1. The van der Waals surface area contributed by atoms with Crippen LogP contribution in [-0.4, -0.2) is 24.6 Å². The normalized spacial score (nSPS) is 10.7. The third-order valence-corrected chi connectivity index (χ3v) is 3.14. The van der Waals surface area contributed by atoms with Crippen molar-refractivity contribution < 1.29 is 9.13 Å². The number of methoxy groups -OCH3 is 1. The predicted octanol–water partition coefficient (Wildman–Crippen LogP) is 3.10. The summed E-state index contributed by atoms with van der Waals surface area (Å²) in [6.07, 6.45) is 1.69. The van der Waals surface area contributed by atoms with Crippen LogP contribution in [0.3, 0.4) is 0 Å². The highest BCUT2D eigenvalue weighted by atomic mass is 127. The minimum Gasteiger partial charge on any atom is -0.481 e. The maximum atomic E-state index is 13.2. The van der Waals surface area contributed by atoms with Gasteiger partial charge in [-0.25, -0.2) is 14.4 Å². The van der Waals surface area contributed by atoms with Crippen LogP contribution in [0.5, 0.6) is 5.88 Å². The molecule has 24 heavy (non-hydrogen) atoms. The van der Waals surface area contributed by atoms with Crippen LogP contribution in [0.1, 0.15) is 18.1 Å². The van der Waals surface area contributed by atoms with Gasteiger partial charge in [-0.2, -0.15) is 0 Å². The summed E-state index contributed by atoms with van der Waals surface area (Å²) in [5, 5.41) is 6.38. The zero-order valence-corrected chi connectivity index (χ0v) is 16.1. The van der Waals surface area contributed by atoms with Crippen LogP contribution in [-0.2, 0) is 13.1 Å². The number of hydrogen-bond donors (Lipinski definition) is 2. The summed E-state index contributed by atoms with van der Waals surface area (Å²) in [4.78, 5) is 8.62. The van der Waals surface area contributed by atoms with E-state index in [1.54, 1.807) is 19.4 Å². The smallest absolute Gasteiger partial charge is 0.218 e. The SMILES string of the molecule is CCNC(=NCc1cccc(F)c1)NCc1cccnc1OC.I. The van der Waals surface area contributed by atoms with Crippen LogP contribution >= 0.6 is 24.0 Å². The van der Waals surface area contributed by atoms with Gasteiger partial charge < -0.3 is 15.4 Å². The summed E-state index contributed by atoms with van der Waals surface area (Å²) in [7, 11) is 1.59. The van der Waals surface area contributed by atoms with Crippen molar-refractivity contribution >= 4 is 29.9 Å². The Morgan fingerprint density at radius 2 is 2.08 bits per heavy atom. The topological polar surface area (TPSA) is 58.5 Å². The number of hydrogen-bond acceptors (Lipinski definition) is 3. The van der Waals surface area contributed by atoms with E-state index in [4.69, 9.17) is 4.74 Å². The van der Waals surface area contributed by atoms with Gasteiger partial charge in [-0.1, -0.05) is 18.2 Å². The largest absolute Gasteiger partial charge is 0.481 e. The van der Waals surface area contributed by atoms with Crippen molar-refractivity contribution in [1.82, 2.24) is 15.6 Å². The zero-order valence-electron chi connectivity index (χ0n) is 13.8. The standard InChI is InChI=1S/C17H21FN4O.HI/c1-3-19-17(21-11-13-6-4-8-15(18)10-13)22-12-14-7-5-9-20-16(14)23-2;/h4-10H,3,11-12H2,1-2H3,(H2,19,21,22);1H. The number of nitrogens with one attached hydrogen (secondary N) is 2. The molecule has 0 saturated carbocycles. The average molecular weight is 444 g/mol. The lowest BCUT2D eigenvalue weighted by Gasteiger charge is -2.12. The first-order chi connectivity index (χ1) is 11.2. The first kappa shape index (κ1) is 20.1. The summed E-state index contributed by atoms with van der Waals surface area (Å²) < 4.78 is 18.4. The highest BCUT2D eigenvalue weighted by Crippen LogP contribution is 2.12. The van der Waals surface area contributed by atoms with Gasteiger partial charge in [0, 0.05) is 24.8 Å². The maximum absolute atomic E-state index is 13.2. The van der Waals surface area contributed by atoms with Crippen molar-refractivity contribution in [3.05, 3.63) is 59.5 Å². The fourth-order valence-corrected chi connectivity index (χ4v) is 2.07. The molecule has 0 bridgehead atoms. The zero-order chi connectivity index (χ0) is 16.5. The van der Waals surface area contributed by atoms with Crippen LogP contribution in [0.15, 0.2) is 47.6 Å². The molecule has 0 aliphatic heterocycles. The van der Waals surface area contributed by atoms with Gasteiger partial charge in [0.25, 0.3) is 0 Å². The second-order valence-corrected chi connectivity index (χ2v) is 4.85. The number of ether oxygens (including phenoxy) is 1. The minimum absolute atomic E-state index is 0. The number of nitrogens with zero attached hydrogens (tertiary/aromatic N) is 2. The molecule has 2 rings (SSSR count). The Labute approximate surface area is 158 Å². The maximum Gasteiger partial charge on any atom is 0.218 e. The van der Waals surface area contributed by atoms with Crippen molar-refractivity contribution in [2.24, 2.45) is 4.99 Å². The Bertz CT molecular complexity index is 667. The highest BCUT2D eigenvalue weighted by molar-refractivity contribution is 14.0. The van der Waals surface area contributed by atoms with E-state index in [2.05, 4.69) is 20.6 Å². The molecule has 2 aromatic rings. The summed E-state index contributed by atoms with van der Waals surface area (Å²) >= 11 is 0. The van der Waals surface area contributed by atoms with Gasteiger partial charge in [0.2, 0.25) is 5.88 Å². The first-order valence-electron chi connectivity index (χ1n) is 7.47. The van der Waals surface area contributed by atoms with Crippen molar-refractivity contribution in [1.29, 1.82) is 0 Å². The summed E-state index contributed by atoms with van der Waals surface area (Å²) in [5.41, 5.74) is 1.76. The molecule has 5 nitrogen and oxygen atoms in total. The molecular weight excluding hydrogens is 422 g/mol. The molecule has 0 aliphatic rings. The Hall–Kier alpha value is -1.90. The summed E-state index contributed by atoms with van der Waals surface area (Å²) in [6, 6.07) is 10.2. The molecular formula is C17H22FIN4O. The van der Waals surface area contributed by atoms with Gasteiger partial charge in [-0.15, -0.1) is 24.0 Å². The van der Waals surface area contributed by atoms with Gasteiger partial charge in [0.1, 0.15) is 5.82 Å². The Kier molecular flexibility index (Phi) is 9.06. The number of halogens is 2. The predicted molar refractivity (Wildman–Crippen MR) is 104 cm³/mol. The minimum atomic E-state index is -0.254. The number of guanidine groups is 1. The van der Waals surface area contributed by atoms with Crippen LogP contribution in [0.2, 0.25) is 0 Å². The van der Waals surface area contributed by atoms with Gasteiger partial charge in [0.15, 0.2) is 5.96 Å². The average Bonchev–Trinajstić information content (AvgIpc) is 2.57. The molecule has 0 atom stereocenters. The summed E-state index contributed by atoms with van der Waals surface area (Å²) in [6.45, 7) is 3.66. The number of benzene rings is 1. The second kappa shape index (κ2) is 10.8. The molecule has 0 aliphatic carbocycles. The molecule has 0 spiro atoms. The fraction of sp³-hybridized carbons (Fsp3) is 0.294. The molecule has 2 N–H and O–H groups in total. The Balaban J connectivity index is 0.00000288. The molecule has 1 heterocycles. The highest BCUT2D eigenvalue weighted by Gasteiger charge is 2.04. The third-order valence-electron chi connectivity index (χ3n) is 3.14. The monoisotopic (exact) mass is 444 g/mol. The molecule has 0 fully saturated rings. The van der Waals surface area contributed by atoms with Crippen LogP contribution in [0.4, 0.5) is 4.39 Å². The quantitative estimate of drug-likeness (QED) is 0.409. The molecule has 130 valence electrons. The molecule has 0 radical (unpaired) electrons. The molecule has 7 heteroatoms. The van der Waals surface area contributed by atoms with Crippen molar-refractivity contribution in [2.45, 2.75) is 20.0 Å².